The van der Waals surface area contributed by atoms with Gasteiger partial charge in [-0.2, -0.15) is 0 Å². The highest BCUT2D eigenvalue weighted by Gasteiger charge is 2.28. The fourth-order valence-electron chi connectivity index (χ4n) is 1.90. The third-order valence-electron chi connectivity index (χ3n) is 3.13. The van der Waals surface area contributed by atoms with E-state index in [0.717, 1.165) is 16.4 Å². The number of halogens is 1. The number of rotatable bonds is 4. The second kappa shape index (κ2) is 5.43. The van der Waals surface area contributed by atoms with Crippen molar-refractivity contribution in [2.45, 2.75) is 18.8 Å². The van der Waals surface area contributed by atoms with Gasteiger partial charge >= 0.3 is 5.97 Å². The van der Waals surface area contributed by atoms with Gasteiger partial charge < -0.3 is 10.4 Å². The van der Waals surface area contributed by atoms with Crippen molar-refractivity contribution in [3.63, 3.8) is 0 Å². The van der Waals surface area contributed by atoms with Crippen LogP contribution in [0.3, 0.4) is 0 Å². The first-order valence-corrected chi connectivity index (χ1v) is 7.39. The van der Waals surface area contributed by atoms with Crippen LogP contribution < -0.4 is 5.32 Å². The van der Waals surface area contributed by atoms with E-state index in [1.807, 2.05) is 22.6 Å². The van der Waals surface area contributed by atoms with Crippen LogP contribution in [0.15, 0.2) is 18.2 Å². The molecular weight excluding hydrogens is 387 g/mol. The van der Waals surface area contributed by atoms with Crippen molar-refractivity contribution in [2.24, 2.45) is 0 Å². The molecule has 1 aliphatic carbocycles. The van der Waals surface area contributed by atoms with Crippen LogP contribution in [0, 0.1) is 3.57 Å². The van der Waals surface area contributed by atoms with Gasteiger partial charge in [-0.15, -0.1) is 5.10 Å². The summed E-state index contributed by atoms with van der Waals surface area (Å²) in [6.07, 6.45) is 2.10. The smallest absolute Gasteiger partial charge is 0.337 e. The van der Waals surface area contributed by atoms with Crippen LogP contribution in [0.25, 0.3) is 0 Å². The van der Waals surface area contributed by atoms with Crippen LogP contribution in [-0.2, 0) is 0 Å². The van der Waals surface area contributed by atoms with Crippen LogP contribution >= 0.6 is 22.6 Å². The number of carbonyl (C=O) groups is 2. The Morgan fingerprint density at radius 2 is 2.14 bits per heavy atom. The fraction of sp³-hybridized carbons (Fsp3) is 0.231. The third-order valence-corrected chi connectivity index (χ3v) is 3.80. The van der Waals surface area contributed by atoms with E-state index in [9.17, 15) is 9.59 Å². The molecule has 2 aromatic rings. The van der Waals surface area contributed by atoms with Gasteiger partial charge in [-0.1, -0.05) is 0 Å². The van der Waals surface area contributed by atoms with Crippen LogP contribution in [-0.4, -0.2) is 32.2 Å². The third kappa shape index (κ3) is 3.04. The first kappa shape index (κ1) is 14.0. The topological polar surface area (TPSA) is 108 Å². The molecule has 8 heteroatoms. The molecule has 0 atom stereocenters. The highest BCUT2D eigenvalue weighted by molar-refractivity contribution is 14.1. The Morgan fingerprint density at radius 1 is 1.38 bits per heavy atom. The molecule has 3 rings (SSSR count). The summed E-state index contributed by atoms with van der Waals surface area (Å²) in [5.74, 6) is -0.528. The number of aromatic amines is 1. The Morgan fingerprint density at radius 3 is 2.81 bits per heavy atom. The molecule has 108 valence electrons. The first-order chi connectivity index (χ1) is 10.0. The Balaban J connectivity index is 1.81. The van der Waals surface area contributed by atoms with Gasteiger partial charge in [0.1, 0.15) is 5.82 Å². The van der Waals surface area contributed by atoms with Gasteiger partial charge in [0.15, 0.2) is 0 Å². The summed E-state index contributed by atoms with van der Waals surface area (Å²) in [5, 5.41) is 18.3. The Bertz CT molecular complexity index is 724. The lowest BCUT2D eigenvalue weighted by Gasteiger charge is -2.07. The number of benzene rings is 1. The highest BCUT2D eigenvalue weighted by Crippen LogP contribution is 2.37. The molecule has 1 heterocycles. The van der Waals surface area contributed by atoms with E-state index in [1.165, 1.54) is 6.07 Å². The van der Waals surface area contributed by atoms with Gasteiger partial charge in [0.25, 0.3) is 5.91 Å². The zero-order valence-electron chi connectivity index (χ0n) is 10.8. The standard InChI is InChI=1S/C13H11IN4O3/c14-7-3-4-9(8(5-7)13(20)21)15-12(19)11-16-10(17-18-11)6-1-2-6/h3-6H,1-2H2,(H,15,19)(H,20,21)(H,16,17,18). The molecule has 21 heavy (non-hydrogen) atoms. The van der Waals surface area contributed by atoms with Crippen LogP contribution in [0.4, 0.5) is 5.69 Å². The number of aromatic carboxylic acids is 1. The number of anilines is 1. The van der Waals surface area contributed by atoms with Crippen LogP contribution in [0.2, 0.25) is 0 Å². The fourth-order valence-corrected chi connectivity index (χ4v) is 2.39. The summed E-state index contributed by atoms with van der Waals surface area (Å²) < 4.78 is 0.775. The number of carboxylic acids is 1. The SMILES string of the molecule is O=C(Nc1ccc(I)cc1C(=O)O)c1n[nH]c(C2CC2)n1. The maximum absolute atomic E-state index is 12.1. The van der Waals surface area contributed by atoms with E-state index >= 15 is 0 Å². The average Bonchev–Trinajstić information content (AvgIpc) is 3.18. The van der Waals surface area contributed by atoms with E-state index in [4.69, 9.17) is 5.11 Å². The molecule has 0 aliphatic heterocycles. The van der Waals surface area contributed by atoms with Gasteiger partial charge in [0.2, 0.25) is 5.82 Å². The van der Waals surface area contributed by atoms with Gasteiger partial charge in [-0.3, -0.25) is 9.89 Å². The monoisotopic (exact) mass is 398 g/mol. The molecule has 1 aromatic heterocycles. The lowest BCUT2D eigenvalue weighted by molar-refractivity contribution is 0.0698. The summed E-state index contributed by atoms with van der Waals surface area (Å²) in [5.41, 5.74) is 0.263. The highest BCUT2D eigenvalue weighted by atomic mass is 127. The van der Waals surface area contributed by atoms with E-state index in [-0.39, 0.29) is 17.1 Å². The van der Waals surface area contributed by atoms with E-state index in [1.54, 1.807) is 12.1 Å². The predicted molar refractivity (Wildman–Crippen MR) is 82.4 cm³/mol. The minimum absolute atomic E-state index is 0.0202. The number of carboxylic acid groups (broad SMARTS) is 1. The second-order valence-corrected chi connectivity index (χ2v) is 6.01. The summed E-state index contributed by atoms with van der Waals surface area (Å²) in [7, 11) is 0. The largest absolute Gasteiger partial charge is 0.478 e. The zero-order valence-corrected chi connectivity index (χ0v) is 12.9. The molecule has 0 unspecified atom stereocenters. The Labute approximate surface area is 133 Å². The molecule has 0 bridgehead atoms. The van der Waals surface area contributed by atoms with Crippen molar-refractivity contribution in [2.75, 3.05) is 5.32 Å². The second-order valence-electron chi connectivity index (χ2n) is 4.77. The van der Waals surface area contributed by atoms with Crippen LogP contribution in [0.5, 0.6) is 0 Å². The van der Waals surface area contributed by atoms with Crippen molar-refractivity contribution in [1.82, 2.24) is 15.2 Å². The lowest BCUT2D eigenvalue weighted by Crippen LogP contribution is -2.16. The van der Waals surface area contributed by atoms with Crippen molar-refractivity contribution in [3.8, 4) is 0 Å². The molecule has 3 N–H and O–H groups in total. The number of nitrogens with zero attached hydrogens (tertiary/aromatic N) is 2. The maximum Gasteiger partial charge on any atom is 0.337 e. The van der Waals surface area contributed by atoms with E-state index in [0.29, 0.717) is 11.7 Å². The van der Waals surface area contributed by atoms with E-state index in [2.05, 4.69) is 20.5 Å². The minimum atomic E-state index is -1.10. The Hall–Kier alpha value is -1.97. The maximum atomic E-state index is 12.1. The summed E-state index contributed by atoms with van der Waals surface area (Å²) in [6.45, 7) is 0. The summed E-state index contributed by atoms with van der Waals surface area (Å²) >= 11 is 2.01. The molecule has 0 radical (unpaired) electrons. The van der Waals surface area contributed by atoms with E-state index < -0.39 is 11.9 Å². The number of nitrogens with one attached hydrogen (secondary N) is 2. The van der Waals surface area contributed by atoms with Gasteiger partial charge in [-0.05, 0) is 53.6 Å². The van der Waals surface area contributed by atoms with Crippen molar-refractivity contribution < 1.29 is 14.7 Å². The summed E-state index contributed by atoms with van der Waals surface area (Å²) in [6, 6.07) is 4.76. The lowest BCUT2D eigenvalue weighted by atomic mass is 10.2. The molecule has 1 saturated carbocycles. The molecule has 1 aliphatic rings. The Kier molecular flexibility index (Phi) is 3.62. The quantitative estimate of drug-likeness (QED) is 0.685. The normalized spacial score (nSPS) is 14.0. The number of amides is 1. The molecule has 7 nitrogen and oxygen atoms in total. The number of hydrogen-bond acceptors (Lipinski definition) is 4. The summed E-state index contributed by atoms with van der Waals surface area (Å²) in [4.78, 5) is 27.4. The molecular formula is C13H11IN4O3. The van der Waals surface area contributed by atoms with Gasteiger partial charge in [-0.25, -0.2) is 9.78 Å². The van der Waals surface area contributed by atoms with Crippen LogP contribution in [0.1, 0.15) is 45.6 Å². The molecule has 0 spiro atoms. The number of hydrogen-bond donors (Lipinski definition) is 3. The molecule has 1 aromatic carbocycles. The van der Waals surface area contributed by atoms with Gasteiger partial charge in [0.05, 0.1) is 11.3 Å². The van der Waals surface area contributed by atoms with Crippen molar-refractivity contribution in [3.05, 3.63) is 39.0 Å². The average molecular weight is 398 g/mol. The van der Waals surface area contributed by atoms with Crippen molar-refractivity contribution in [1.29, 1.82) is 0 Å². The minimum Gasteiger partial charge on any atom is -0.478 e. The predicted octanol–water partition coefficient (Wildman–Crippen LogP) is 2.24. The molecule has 1 amide bonds. The number of H-pyrrole nitrogens is 1. The van der Waals surface area contributed by atoms with Crippen molar-refractivity contribution >= 4 is 40.2 Å². The zero-order chi connectivity index (χ0) is 15.0. The molecule has 0 saturated heterocycles. The first-order valence-electron chi connectivity index (χ1n) is 6.31. The number of carbonyl (C=O) groups excluding carboxylic acids is 1. The number of aromatic nitrogens is 3. The molecule has 1 fully saturated rings. The van der Waals surface area contributed by atoms with Gasteiger partial charge in [0, 0.05) is 9.49 Å².